The average Bonchev–Trinajstić information content (AvgIpc) is 3.20. The number of hydrogen-bond acceptors (Lipinski definition) is 5. The van der Waals surface area contributed by atoms with Crippen molar-refractivity contribution in [2.75, 3.05) is 5.32 Å². The van der Waals surface area contributed by atoms with Crippen LogP contribution < -0.4 is 10.9 Å². The Hall–Kier alpha value is -3.52. The van der Waals surface area contributed by atoms with Gasteiger partial charge in [0.15, 0.2) is 0 Å². The van der Waals surface area contributed by atoms with E-state index in [1.54, 1.807) is 43.3 Å². The van der Waals surface area contributed by atoms with Gasteiger partial charge in [0.2, 0.25) is 5.91 Å². The Morgan fingerprint density at radius 3 is 2.82 bits per heavy atom. The number of halogens is 1. The molecule has 0 bridgehead atoms. The second kappa shape index (κ2) is 7.24. The number of rotatable bonds is 4. The third-order valence-electron chi connectivity index (χ3n) is 4.25. The molecule has 9 heteroatoms. The molecule has 0 spiro atoms. The molecule has 140 valence electrons. The molecule has 0 saturated heterocycles. The Bertz CT molecular complexity index is 1230. The first kappa shape index (κ1) is 17.9. The highest BCUT2D eigenvalue weighted by Crippen LogP contribution is 2.24. The Morgan fingerprint density at radius 1 is 1.21 bits per heavy atom. The summed E-state index contributed by atoms with van der Waals surface area (Å²) in [4.78, 5) is 33.7. The molecule has 0 aliphatic heterocycles. The highest BCUT2D eigenvalue weighted by Gasteiger charge is 2.14. The van der Waals surface area contributed by atoms with E-state index < -0.39 is 0 Å². The minimum absolute atomic E-state index is 0.175. The van der Waals surface area contributed by atoms with Crippen molar-refractivity contribution in [1.29, 1.82) is 0 Å². The summed E-state index contributed by atoms with van der Waals surface area (Å²) in [5, 5.41) is 7.79. The first-order valence-corrected chi connectivity index (χ1v) is 8.81. The van der Waals surface area contributed by atoms with Crippen molar-refractivity contribution >= 4 is 34.1 Å². The number of carbonyl (C=O) groups is 1. The summed E-state index contributed by atoms with van der Waals surface area (Å²) < 4.78 is 2.86. The van der Waals surface area contributed by atoms with Crippen LogP contribution >= 0.6 is 11.6 Å². The van der Waals surface area contributed by atoms with Crippen LogP contribution in [0, 0.1) is 6.92 Å². The van der Waals surface area contributed by atoms with Gasteiger partial charge in [0.1, 0.15) is 25.0 Å². The lowest BCUT2D eigenvalue weighted by atomic mass is 10.2. The molecule has 0 aliphatic rings. The molecule has 1 N–H and O–H groups in total. The molecule has 4 rings (SSSR count). The number of benzene rings is 2. The van der Waals surface area contributed by atoms with Gasteiger partial charge >= 0.3 is 0 Å². The van der Waals surface area contributed by atoms with Crippen LogP contribution in [0.1, 0.15) is 5.82 Å². The highest BCUT2D eigenvalue weighted by molar-refractivity contribution is 6.31. The lowest BCUT2D eigenvalue weighted by Crippen LogP contribution is -2.30. The van der Waals surface area contributed by atoms with E-state index in [-0.39, 0.29) is 18.0 Å². The zero-order chi connectivity index (χ0) is 19.7. The molecule has 0 saturated carbocycles. The standard InChI is InChI=1S/C19H15ClN6O2/c1-12-23-15-5-3-2-4-14(15)19(28)25(12)9-18(27)24-16-8-13(20)6-7-17(16)26-11-21-10-22-26/h2-8,10-11H,9H2,1H3,(H,24,27). The fraction of sp³-hybridized carbons (Fsp3) is 0.105. The topological polar surface area (TPSA) is 94.7 Å². The van der Waals surface area contributed by atoms with Gasteiger partial charge in [-0.3, -0.25) is 14.2 Å². The van der Waals surface area contributed by atoms with E-state index in [2.05, 4.69) is 20.4 Å². The minimum atomic E-state index is -0.383. The van der Waals surface area contributed by atoms with Gasteiger partial charge < -0.3 is 5.32 Å². The van der Waals surface area contributed by atoms with Crippen LogP contribution in [0.3, 0.4) is 0 Å². The fourth-order valence-electron chi connectivity index (χ4n) is 2.94. The average molecular weight is 395 g/mol. The quantitative estimate of drug-likeness (QED) is 0.574. The van der Waals surface area contributed by atoms with Gasteiger partial charge in [0.05, 0.1) is 22.3 Å². The Labute approximate surface area is 164 Å². The Balaban J connectivity index is 1.65. The van der Waals surface area contributed by atoms with E-state index in [9.17, 15) is 9.59 Å². The summed E-state index contributed by atoms with van der Waals surface area (Å²) in [6, 6.07) is 12.1. The summed E-state index contributed by atoms with van der Waals surface area (Å²) in [5.74, 6) is 0.0763. The van der Waals surface area contributed by atoms with E-state index in [1.165, 1.54) is 21.9 Å². The van der Waals surface area contributed by atoms with Crippen molar-refractivity contribution in [3.05, 3.63) is 76.3 Å². The maximum absolute atomic E-state index is 12.7. The minimum Gasteiger partial charge on any atom is -0.323 e. The van der Waals surface area contributed by atoms with Crippen molar-refractivity contribution in [2.45, 2.75) is 13.5 Å². The van der Waals surface area contributed by atoms with Gasteiger partial charge in [-0.2, -0.15) is 5.10 Å². The summed E-state index contributed by atoms with van der Waals surface area (Å²) in [5.41, 5.74) is 1.41. The van der Waals surface area contributed by atoms with Gasteiger partial charge in [0.25, 0.3) is 5.56 Å². The van der Waals surface area contributed by atoms with Crippen LogP contribution in [-0.2, 0) is 11.3 Å². The van der Waals surface area contributed by atoms with Crippen molar-refractivity contribution < 1.29 is 4.79 Å². The van der Waals surface area contributed by atoms with Crippen LogP contribution in [0.2, 0.25) is 5.02 Å². The van der Waals surface area contributed by atoms with Gasteiger partial charge in [-0.05, 0) is 37.3 Å². The highest BCUT2D eigenvalue weighted by atomic mass is 35.5. The van der Waals surface area contributed by atoms with Gasteiger partial charge in [-0.1, -0.05) is 23.7 Å². The second-order valence-corrected chi connectivity index (χ2v) is 6.55. The van der Waals surface area contributed by atoms with E-state index >= 15 is 0 Å². The van der Waals surface area contributed by atoms with Crippen molar-refractivity contribution in [3.63, 3.8) is 0 Å². The summed E-state index contributed by atoms with van der Waals surface area (Å²) >= 11 is 6.08. The Morgan fingerprint density at radius 2 is 2.04 bits per heavy atom. The van der Waals surface area contributed by atoms with E-state index in [0.29, 0.717) is 33.1 Å². The van der Waals surface area contributed by atoms with Crippen LogP contribution in [0.4, 0.5) is 5.69 Å². The molecule has 1 amide bonds. The number of para-hydroxylation sites is 1. The van der Waals surface area contributed by atoms with Gasteiger partial charge in [0, 0.05) is 5.02 Å². The normalized spacial score (nSPS) is 10.9. The number of amides is 1. The predicted molar refractivity (Wildman–Crippen MR) is 106 cm³/mol. The third kappa shape index (κ3) is 3.37. The second-order valence-electron chi connectivity index (χ2n) is 6.12. The summed E-state index contributed by atoms with van der Waals surface area (Å²) in [7, 11) is 0. The number of hydrogen-bond donors (Lipinski definition) is 1. The molecule has 8 nitrogen and oxygen atoms in total. The van der Waals surface area contributed by atoms with Crippen LogP contribution in [0.15, 0.2) is 59.9 Å². The zero-order valence-corrected chi connectivity index (χ0v) is 15.6. The predicted octanol–water partition coefficient (Wildman–Crippen LogP) is 2.58. The zero-order valence-electron chi connectivity index (χ0n) is 14.8. The van der Waals surface area contributed by atoms with Crippen molar-refractivity contribution in [3.8, 4) is 5.69 Å². The third-order valence-corrected chi connectivity index (χ3v) is 4.49. The molecular weight excluding hydrogens is 380 g/mol. The van der Waals surface area contributed by atoms with Crippen LogP contribution in [-0.4, -0.2) is 30.2 Å². The fourth-order valence-corrected chi connectivity index (χ4v) is 3.11. The molecule has 2 heterocycles. The number of anilines is 1. The molecule has 0 aliphatic carbocycles. The Kier molecular flexibility index (Phi) is 4.62. The lowest BCUT2D eigenvalue weighted by molar-refractivity contribution is -0.116. The van der Waals surface area contributed by atoms with Crippen LogP contribution in [0.5, 0.6) is 0 Å². The first-order valence-electron chi connectivity index (χ1n) is 8.43. The maximum Gasteiger partial charge on any atom is 0.261 e. The molecule has 0 atom stereocenters. The molecule has 0 unspecified atom stereocenters. The number of nitrogens with one attached hydrogen (secondary N) is 1. The molecule has 0 fully saturated rings. The SMILES string of the molecule is Cc1nc2ccccc2c(=O)n1CC(=O)Nc1cc(Cl)ccc1-n1cncn1. The van der Waals surface area contributed by atoms with E-state index in [4.69, 9.17) is 11.6 Å². The summed E-state index contributed by atoms with van der Waals surface area (Å²) in [6.45, 7) is 1.52. The summed E-state index contributed by atoms with van der Waals surface area (Å²) in [6.07, 6.45) is 2.91. The van der Waals surface area contributed by atoms with Crippen molar-refractivity contribution in [1.82, 2.24) is 24.3 Å². The van der Waals surface area contributed by atoms with E-state index in [0.717, 1.165) is 0 Å². The number of carbonyl (C=O) groups excluding carboxylic acids is 1. The number of nitrogens with zero attached hydrogens (tertiary/aromatic N) is 5. The number of aromatic nitrogens is 5. The van der Waals surface area contributed by atoms with Crippen LogP contribution in [0.25, 0.3) is 16.6 Å². The molecule has 4 aromatic rings. The molecule has 2 aromatic heterocycles. The molecule has 2 aromatic carbocycles. The lowest BCUT2D eigenvalue weighted by Gasteiger charge is -2.13. The maximum atomic E-state index is 12.7. The van der Waals surface area contributed by atoms with Gasteiger partial charge in [-0.25, -0.2) is 14.6 Å². The smallest absolute Gasteiger partial charge is 0.261 e. The molecule has 28 heavy (non-hydrogen) atoms. The van der Waals surface area contributed by atoms with E-state index in [1.807, 2.05) is 6.07 Å². The monoisotopic (exact) mass is 394 g/mol. The molecule has 0 radical (unpaired) electrons. The molecular formula is C19H15ClN6O2. The first-order chi connectivity index (χ1) is 13.5. The number of fused-ring (bicyclic) bond motifs is 1. The largest absolute Gasteiger partial charge is 0.323 e. The van der Waals surface area contributed by atoms with Gasteiger partial charge in [-0.15, -0.1) is 0 Å². The van der Waals surface area contributed by atoms with Crippen molar-refractivity contribution in [2.24, 2.45) is 0 Å². The number of aryl methyl sites for hydroxylation is 1.